The van der Waals surface area contributed by atoms with E-state index in [1.165, 1.54) is 23.4 Å². The smallest absolute Gasteiger partial charge is 0.129 e. The highest BCUT2D eigenvalue weighted by molar-refractivity contribution is 5.52. The lowest BCUT2D eigenvalue weighted by Gasteiger charge is -2.24. The van der Waals surface area contributed by atoms with Gasteiger partial charge in [-0.2, -0.15) is 0 Å². The summed E-state index contributed by atoms with van der Waals surface area (Å²) in [6, 6.07) is 13.4. The van der Waals surface area contributed by atoms with Crippen molar-refractivity contribution in [3.63, 3.8) is 0 Å². The number of nitrogens with zero attached hydrogens (tertiary/aromatic N) is 4. The molecule has 3 aromatic heterocycles. The van der Waals surface area contributed by atoms with Crippen LogP contribution in [0.25, 0.3) is 5.52 Å². The topological polar surface area (TPSA) is 35.1 Å². The van der Waals surface area contributed by atoms with Gasteiger partial charge in [0.1, 0.15) is 11.6 Å². The number of aromatic nitrogens is 4. The van der Waals surface area contributed by atoms with Crippen LogP contribution in [-0.4, -0.2) is 19.4 Å². The van der Waals surface area contributed by atoms with Gasteiger partial charge in [0, 0.05) is 36.9 Å². The van der Waals surface area contributed by atoms with E-state index in [0.717, 1.165) is 36.5 Å². The first kappa shape index (κ1) is 16.2. The highest BCUT2D eigenvalue weighted by Gasteiger charge is 2.25. The summed E-state index contributed by atoms with van der Waals surface area (Å²) in [6.45, 7) is 0. The van der Waals surface area contributed by atoms with Crippen LogP contribution in [0.15, 0.2) is 48.8 Å². The molecule has 0 N–H and O–H groups in total. The fourth-order valence-electron chi connectivity index (χ4n) is 3.98. The molecule has 4 nitrogen and oxygen atoms in total. The van der Waals surface area contributed by atoms with Gasteiger partial charge in [-0.1, -0.05) is 17.3 Å². The van der Waals surface area contributed by atoms with Crippen LogP contribution < -0.4 is 0 Å². The van der Waals surface area contributed by atoms with Crippen LogP contribution in [0.2, 0.25) is 0 Å². The molecule has 0 bridgehead atoms. The molecule has 0 spiro atoms. The Hall–Kier alpha value is -3.02. The van der Waals surface area contributed by atoms with Gasteiger partial charge >= 0.3 is 0 Å². The molecule has 27 heavy (non-hydrogen) atoms. The summed E-state index contributed by atoms with van der Waals surface area (Å²) in [5.41, 5.74) is 4.85. The SMILES string of the molecule is Fc1ccc(Cc2cnnn2C2CCc3[c]c4ccccn4c3C2)c(F)c1. The predicted molar refractivity (Wildman–Crippen MR) is 96.5 cm³/mol. The van der Waals surface area contributed by atoms with Crippen LogP contribution in [0.4, 0.5) is 8.78 Å². The molecule has 0 saturated heterocycles. The molecule has 1 unspecified atom stereocenters. The van der Waals surface area contributed by atoms with Crippen LogP contribution in [0.5, 0.6) is 0 Å². The Kier molecular flexibility index (Phi) is 3.77. The quantitative estimate of drug-likeness (QED) is 0.553. The lowest BCUT2D eigenvalue weighted by Crippen LogP contribution is -2.22. The number of fused-ring (bicyclic) bond motifs is 3. The van der Waals surface area contributed by atoms with Crippen LogP contribution in [0.3, 0.4) is 0 Å². The molecule has 4 aromatic rings. The van der Waals surface area contributed by atoms with Gasteiger partial charge in [-0.05, 0) is 42.2 Å². The Morgan fingerprint density at radius 1 is 1.19 bits per heavy atom. The molecule has 5 rings (SSSR count). The van der Waals surface area contributed by atoms with Crippen molar-refractivity contribution >= 4 is 5.52 Å². The summed E-state index contributed by atoms with van der Waals surface area (Å²) in [5, 5.41) is 8.32. The predicted octanol–water partition coefficient (Wildman–Crippen LogP) is 3.93. The molecule has 1 aromatic carbocycles. The van der Waals surface area contributed by atoms with E-state index in [2.05, 4.69) is 33.0 Å². The summed E-state index contributed by atoms with van der Waals surface area (Å²) < 4.78 is 31.3. The van der Waals surface area contributed by atoms with Crippen LogP contribution in [0, 0.1) is 17.7 Å². The van der Waals surface area contributed by atoms with Crippen molar-refractivity contribution in [1.82, 2.24) is 19.4 Å². The van der Waals surface area contributed by atoms with E-state index in [0.29, 0.717) is 12.0 Å². The van der Waals surface area contributed by atoms with Crippen molar-refractivity contribution in [3.05, 3.63) is 89.0 Å². The third-order valence-corrected chi connectivity index (χ3v) is 5.32. The van der Waals surface area contributed by atoms with Crippen LogP contribution >= 0.6 is 0 Å². The van der Waals surface area contributed by atoms with Gasteiger partial charge in [0.25, 0.3) is 0 Å². The second-order valence-corrected chi connectivity index (χ2v) is 6.99. The molecule has 1 aliphatic carbocycles. The minimum atomic E-state index is -0.570. The molecule has 1 radical (unpaired) electrons. The van der Waals surface area contributed by atoms with E-state index < -0.39 is 11.6 Å². The molecule has 0 amide bonds. The second-order valence-electron chi connectivity index (χ2n) is 6.99. The maximum atomic E-state index is 14.0. The Bertz CT molecular complexity index is 1130. The minimum Gasteiger partial charge on any atom is -0.320 e. The van der Waals surface area contributed by atoms with Crippen molar-refractivity contribution < 1.29 is 8.78 Å². The maximum Gasteiger partial charge on any atom is 0.129 e. The summed E-state index contributed by atoms with van der Waals surface area (Å²) in [7, 11) is 0. The average Bonchev–Trinajstić information content (AvgIpc) is 3.27. The van der Waals surface area contributed by atoms with E-state index in [9.17, 15) is 8.78 Å². The van der Waals surface area contributed by atoms with Gasteiger partial charge in [-0.25, -0.2) is 13.5 Å². The Balaban J connectivity index is 1.46. The summed E-state index contributed by atoms with van der Waals surface area (Å²) in [6.07, 6.45) is 6.74. The molecular weight excluding hydrogens is 346 g/mol. The van der Waals surface area contributed by atoms with Gasteiger partial charge in [-0.15, -0.1) is 5.10 Å². The third kappa shape index (κ3) is 2.81. The fourth-order valence-corrected chi connectivity index (χ4v) is 3.98. The number of halogens is 2. The highest BCUT2D eigenvalue weighted by atomic mass is 19.1. The molecule has 0 fully saturated rings. The monoisotopic (exact) mass is 363 g/mol. The lowest BCUT2D eigenvalue weighted by atomic mass is 9.93. The van der Waals surface area contributed by atoms with E-state index in [4.69, 9.17) is 0 Å². The number of pyridine rings is 1. The Morgan fingerprint density at radius 2 is 2.11 bits per heavy atom. The summed E-state index contributed by atoms with van der Waals surface area (Å²) in [5.74, 6) is -1.11. The highest BCUT2D eigenvalue weighted by Crippen LogP contribution is 2.31. The van der Waals surface area contributed by atoms with Gasteiger partial charge in [0.15, 0.2) is 0 Å². The van der Waals surface area contributed by atoms with Crippen molar-refractivity contribution in [2.24, 2.45) is 0 Å². The van der Waals surface area contributed by atoms with Gasteiger partial charge in [-0.3, -0.25) is 0 Å². The van der Waals surface area contributed by atoms with E-state index in [-0.39, 0.29) is 6.04 Å². The van der Waals surface area contributed by atoms with E-state index >= 15 is 0 Å². The zero-order valence-corrected chi connectivity index (χ0v) is 14.6. The zero-order chi connectivity index (χ0) is 18.4. The number of aryl methyl sites for hydroxylation is 1. The van der Waals surface area contributed by atoms with Crippen LogP contribution in [-0.2, 0) is 19.3 Å². The summed E-state index contributed by atoms with van der Waals surface area (Å²) >= 11 is 0. The Labute approximate surface area is 155 Å². The fraction of sp³-hybridized carbons (Fsp3) is 0.238. The molecule has 135 valence electrons. The van der Waals surface area contributed by atoms with Crippen molar-refractivity contribution in [1.29, 1.82) is 0 Å². The number of rotatable bonds is 3. The van der Waals surface area contributed by atoms with Crippen molar-refractivity contribution in [3.8, 4) is 0 Å². The molecular formula is C21H17F2N4. The second kappa shape index (κ2) is 6.30. The molecule has 1 atom stereocenters. The Morgan fingerprint density at radius 3 is 3.00 bits per heavy atom. The van der Waals surface area contributed by atoms with Gasteiger partial charge in [0.2, 0.25) is 0 Å². The van der Waals surface area contributed by atoms with E-state index in [1.54, 1.807) is 6.20 Å². The standard InChI is InChI=1S/C21H17F2N4/c22-16-6-4-14(20(23)11-16)9-19-13-24-25-27(19)18-7-5-15-10-17-3-1-2-8-26(17)21(15)12-18/h1-4,6,8,11,13,18H,5,7,9,12H2. The normalized spacial score (nSPS) is 16.6. The van der Waals surface area contributed by atoms with Crippen molar-refractivity contribution in [2.75, 3.05) is 0 Å². The molecule has 0 saturated carbocycles. The molecule has 0 aliphatic heterocycles. The van der Waals surface area contributed by atoms with Gasteiger partial charge < -0.3 is 4.40 Å². The van der Waals surface area contributed by atoms with Crippen LogP contribution in [0.1, 0.15) is 35.0 Å². The lowest BCUT2D eigenvalue weighted by molar-refractivity contribution is 0.382. The number of benzene rings is 1. The number of hydrogen-bond donors (Lipinski definition) is 0. The summed E-state index contributed by atoms with van der Waals surface area (Å²) in [4.78, 5) is 0. The third-order valence-electron chi connectivity index (χ3n) is 5.32. The maximum absolute atomic E-state index is 14.0. The van der Waals surface area contributed by atoms with Gasteiger partial charge in [0.05, 0.1) is 23.4 Å². The van der Waals surface area contributed by atoms with Crippen molar-refractivity contribution in [2.45, 2.75) is 31.7 Å². The first-order valence-corrected chi connectivity index (χ1v) is 9.02. The largest absolute Gasteiger partial charge is 0.320 e. The molecule has 1 aliphatic rings. The minimum absolute atomic E-state index is 0.158. The number of hydrogen-bond acceptors (Lipinski definition) is 2. The zero-order valence-electron chi connectivity index (χ0n) is 14.6. The average molecular weight is 363 g/mol. The molecule has 6 heteroatoms. The molecule has 3 heterocycles. The first-order valence-electron chi connectivity index (χ1n) is 9.02. The van der Waals surface area contributed by atoms with E-state index in [1.807, 2.05) is 16.8 Å². The first-order chi connectivity index (χ1) is 13.2.